The lowest BCUT2D eigenvalue weighted by Crippen LogP contribution is -2.30. The molecular formula is C21H22BrFN2O4. The number of benzene rings is 2. The second-order valence-electron chi connectivity index (χ2n) is 6.79. The number of hydrogen-bond acceptors (Lipinski definition) is 4. The first-order valence-electron chi connectivity index (χ1n) is 9.16. The van der Waals surface area contributed by atoms with Crippen molar-refractivity contribution in [1.82, 2.24) is 4.90 Å². The number of amides is 2. The second-order valence-corrected chi connectivity index (χ2v) is 7.71. The molecule has 8 heteroatoms. The predicted octanol–water partition coefficient (Wildman–Crippen LogP) is 3.64. The van der Waals surface area contributed by atoms with Crippen LogP contribution in [0.2, 0.25) is 0 Å². The Balaban J connectivity index is 1.58. The first kappa shape index (κ1) is 21.1. The van der Waals surface area contributed by atoms with Crippen molar-refractivity contribution in [2.45, 2.75) is 12.8 Å². The summed E-state index contributed by atoms with van der Waals surface area (Å²) >= 11 is 3.18. The second kappa shape index (κ2) is 9.26. The molecule has 2 aromatic carbocycles. The van der Waals surface area contributed by atoms with Gasteiger partial charge in [0, 0.05) is 24.0 Å². The normalized spacial score (nSPS) is 16.1. The topological polar surface area (TPSA) is 67.9 Å². The van der Waals surface area contributed by atoms with Crippen molar-refractivity contribution in [1.29, 1.82) is 0 Å². The molecule has 0 radical (unpaired) electrons. The van der Waals surface area contributed by atoms with Crippen LogP contribution in [-0.2, 0) is 16.0 Å². The van der Waals surface area contributed by atoms with Gasteiger partial charge in [-0.2, -0.15) is 0 Å². The fourth-order valence-corrected chi connectivity index (χ4v) is 3.62. The Morgan fingerprint density at radius 3 is 2.66 bits per heavy atom. The standard InChI is InChI=1S/C21H22BrFN2O4/c1-28-18-6-3-13(9-19(18)29-2)7-8-25-12-14(10-20(25)26)21(27)24-17-5-4-15(22)11-16(17)23/h3-6,9,11,14H,7-8,10,12H2,1-2H3,(H,24,27)/t14-/m0/s1. The average molecular weight is 465 g/mol. The maximum atomic E-state index is 13.9. The summed E-state index contributed by atoms with van der Waals surface area (Å²) in [6.07, 6.45) is 0.748. The minimum Gasteiger partial charge on any atom is -0.493 e. The lowest BCUT2D eigenvalue weighted by Gasteiger charge is -2.17. The van der Waals surface area contributed by atoms with Crippen molar-refractivity contribution in [2.24, 2.45) is 5.92 Å². The molecule has 1 aliphatic heterocycles. The van der Waals surface area contributed by atoms with Crippen molar-refractivity contribution in [3.8, 4) is 11.5 Å². The number of anilines is 1. The van der Waals surface area contributed by atoms with Crippen molar-refractivity contribution in [3.63, 3.8) is 0 Å². The highest BCUT2D eigenvalue weighted by molar-refractivity contribution is 9.10. The zero-order valence-corrected chi connectivity index (χ0v) is 17.8. The number of hydrogen-bond donors (Lipinski definition) is 1. The van der Waals surface area contributed by atoms with Crippen LogP contribution in [-0.4, -0.2) is 44.0 Å². The van der Waals surface area contributed by atoms with Crippen molar-refractivity contribution >= 4 is 33.4 Å². The molecule has 1 atom stereocenters. The van der Waals surface area contributed by atoms with Gasteiger partial charge in [-0.15, -0.1) is 0 Å². The lowest BCUT2D eigenvalue weighted by molar-refractivity contribution is -0.128. The molecular weight excluding hydrogens is 443 g/mol. The Bertz CT molecular complexity index is 922. The fourth-order valence-electron chi connectivity index (χ4n) is 3.29. The number of methoxy groups -OCH3 is 2. The van der Waals surface area contributed by atoms with E-state index in [1.807, 2.05) is 18.2 Å². The van der Waals surface area contributed by atoms with Crippen LogP contribution in [0.1, 0.15) is 12.0 Å². The molecule has 1 fully saturated rings. The molecule has 0 aliphatic carbocycles. The van der Waals surface area contributed by atoms with E-state index >= 15 is 0 Å². The zero-order valence-electron chi connectivity index (χ0n) is 16.2. The zero-order chi connectivity index (χ0) is 21.0. The van der Waals surface area contributed by atoms with Crippen molar-refractivity contribution in [2.75, 3.05) is 32.6 Å². The summed E-state index contributed by atoms with van der Waals surface area (Å²) in [5.74, 6) is -0.190. The number of rotatable bonds is 7. The first-order valence-corrected chi connectivity index (χ1v) is 9.95. The lowest BCUT2D eigenvalue weighted by atomic mass is 10.1. The van der Waals surface area contributed by atoms with Crippen LogP contribution >= 0.6 is 15.9 Å². The summed E-state index contributed by atoms with van der Waals surface area (Å²) in [4.78, 5) is 26.5. The van der Waals surface area contributed by atoms with Gasteiger partial charge in [0.25, 0.3) is 0 Å². The number of nitrogens with zero attached hydrogens (tertiary/aromatic N) is 1. The molecule has 2 amide bonds. The molecule has 1 heterocycles. The van der Waals surface area contributed by atoms with Crippen LogP contribution in [0.3, 0.4) is 0 Å². The third kappa shape index (κ3) is 5.06. The van der Waals surface area contributed by atoms with Crippen LogP contribution < -0.4 is 14.8 Å². The molecule has 6 nitrogen and oxygen atoms in total. The molecule has 0 bridgehead atoms. The summed E-state index contributed by atoms with van der Waals surface area (Å²) in [6.45, 7) is 0.806. The van der Waals surface area contributed by atoms with Crippen molar-refractivity contribution in [3.05, 3.63) is 52.3 Å². The van der Waals surface area contributed by atoms with Gasteiger partial charge in [-0.05, 0) is 42.3 Å². The van der Waals surface area contributed by atoms with Crippen LogP contribution in [0.25, 0.3) is 0 Å². The first-order chi connectivity index (χ1) is 13.9. The molecule has 2 aromatic rings. The molecule has 0 saturated carbocycles. The van der Waals surface area contributed by atoms with E-state index in [0.29, 0.717) is 35.5 Å². The molecule has 0 unspecified atom stereocenters. The Morgan fingerprint density at radius 2 is 1.97 bits per heavy atom. The molecule has 29 heavy (non-hydrogen) atoms. The van der Waals surface area contributed by atoms with E-state index in [2.05, 4.69) is 21.2 Å². The number of ether oxygens (including phenoxy) is 2. The molecule has 1 aliphatic rings. The van der Waals surface area contributed by atoms with Crippen LogP contribution in [0, 0.1) is 11.7 Å². The minimum absolute atomic E-state index is 0.0816. The number of carbonyl (C=O) groups is 2. The van der Waals surface area contributed by atoms with E-state index in [-0.39, 0.29) is 23.9 Å². The quantitative estimate of drug-likeness (QED) is 0.679. The van der Waals surface area contributed by atoms with E-state index in [0.717, 1.165) is 5.56 Å². The summed E-state index contributed by atoms with van der Waals surface area (Å²) in [7, 11) is 3.15. The highest BCUT2D eigenvalue weighted by atomic mass is 79.9. The summed E-state index contributed by atoms with van der Waals surface area (Å²) in [6, 6.07) is 10.0. The third-order valence-electron chi connectivity index (χ3n) is 4.89. The molecule has 154 valence electrons. The average Bonchev–Trinajstić information content (AvgIpc) is 3.09. The fraction of sp³-hybridized carbons (Fsp3) is 0.333. The summed E-state index contributed by atoms with van der Waals surface area (Å²) < 4.78 is 25.0. The molecule has 0 aromatic heterocycles. The SMILES string of the molecule is COc1ccc(CCN2C[C@@H](C(=O)Nc3ccc(Br)cc3F)CC2=O)cc1OC. The molecule has 1 saturated heterocycles. The summed E-state index contributed by atoms with van der Waals surface area (Å²) in [5.41, 5.74) is 1.11. The van der Waals surface area contributed by atoms with Gasteiger partial charge < -0.3 is 19.7 Å². The summed E-state index contributed by atoms with van der Waals surface area (Å²) in [5, 5.41) is 2.58. The maximum Gasteiger partial charge on any atom is 0.229 e. The van der Waals surface area contributed by atoms with E-state index in [1.54, 1.807) is 25.2 Å². The highest BCUT2D eigenvalue weighted by Gasteiger charge is 2.34. The van der Waals surface area contributed by atoms with E-state index < -0.39 is 11.7 Å². The molecule has 3 rings (SSSR count). The van der Waals surface area contributed by atoms with Gasteiger partial charge in [-0.3, -0.25) is 9.59 Å². The Kier molecular flexibility index (Phi) is 6.74. The van der Waals surface area contributed by atoms with Crippen LogP contribution in [0.15, 0.2) is 40.9 Å². The largest absolute Gasteiger partial charge is 0.493 e. The van der Waals surface area contributed by atoms with Gasteiger partial charge in [-0.25, -0.2) is 4.39 Å². The Hall–Kier alpha value is -2.61. The monoisotopic (exact) mass is 464 g/mol. The van der Waals surface area contributed by atoms with E-state index in [4.69, 9.17) is 9.47 Å². The van der Waals surface area contributed by atoms with Gasteiger partial charge in [0.2, 0.25) is 11.8 Å². The minimum atomic E-state index is -0.526. The van der Waals surface area contributed by atoms with Crippen LogP contribution in [0.5, 0.6) is 11.5 Å². The Morgan fingerprint density at radius 1 is 1.21 bits per heavy atom. The van der Waals surface area contributed by atoms with Crippen molar-refractivity contribution < 1.29 is 23.5 Å². The highest BCUT2D eigenvalue weighted by Crippen LogP contribution is 2.28. The number of likely N-dealkylation sites (tertiary alicyclic amines) is 1. The van der Waals surface area contributed by atoms with Crippen LogP contribution in [0.4, 0.5) is 10.1 Å². The van der Waals surface area contributed by atoms with Gasteiger partial charge in [0.15, 0.2) is 11.5 Å². The van der Waals surface area contributed by atoms with Gasteiger partial charge >= 0.3 is 0 Å². The Labute approximate surface area is 177 Å². The number of carbonyl (C=O) groups excluding carboxylic acids is 2. The van der Waals surface area contributed by atoms with Gasteiger partial charge in [0.05, 0.1) is 25.8 Å². The smallest absolute Gasteiger partial charge is 0.229 e. The molecule has 0 spiro atoms. The number of nitrogens with one attached hydrogen (secondary N) is 1. The number of halogens is 2. The predicted molar refractivity (Wildman–Crippen MR) is 111 cm³/mol. The molecule has 1 N–H and O–H groups in total. The van der Waals surface area contributed by atoms with E-state index in [9.17, 15) is 14.0 Å². The maximum absolute atomic E-state index is 13.9. The van der Waals surface area contributed by atoms with E-state index in [1.165, 1.54) is 12.1 Å². The van der Waals surface area contributed by atoms with Gasteiger partial charge in [0.1, 0.15) is 5.82 Å². The third-order valence-corrected chi connectivity index (χ3v) is 5.39. The van der Waals surface area contributed by atoms with Gasteiger partial charge in [-0.1, -0.05) is 22.0 Å².